The lowest BCUT2D eigenvalue weighted by Crippen LogP contribution is -1.99. The molecule has 0 aliphatic rings. The van der Waals surface area contributed by atoms with Gasteiger partial charge in [-0.1, -0.05) is 6.07 Å². The van der Waals surface area contributed by atoms with E-state index in [0.717, 1.165) is 11.3 Å². The molecule has 0 saturated carbocycles. The number of phenolic OH excluding ortho intramolecular Hbond substituents is 1. The third-order valence-corrected chi connectivity index (χ3v) is 4.28. The average Bonchev–Trinajstić information content (AvgIpc) is 2.33. The number of phenols is 1. The molecule has 0 aromatic heterocycles. The fourth-order valence-corrected chi connectivity index (χ4v) is 3.35. The van der Waals surface area contributed by atoms with Crippen molar-refractivity contribution in [2.24, 2.45) is 0 Å². The maximum absolute atomic E-state index is 9.64. The normalized spacial score (nSPS) is 10.4. The van der Waals surface area contributed by atoms with Crippen molar-refractivity contribution in [2.45, 2.75) is 6.54 Å². The van der Waals surface area contributed by atoms with Gasteiger partial charge in [0.05, 0.1) is 8.95 Å². The summed E-state index contributed by atoms with van der Waals surface area (Å²) in [7, 11) is 0. The van der Waals surface area contributed by atoms with Crippen LogP contribution in [0.1, 0.15) is 5.56 Å². The highest BCUT2D eigenvalue weighted by Gasteiger charge is 2.05. The lowest BCUT2D eigenvalue weighted by Gasteiger charge is -2.09. The first-order valence-corrected chi connectivity index (χ1v) is 7.89. The molecule has 2 aromatic carbocycles. The van der Waals surface area contributed by atoms with Crippen LogP contribution in [0.25, 0.3) is 0 Å². The zero-order valence-corrected chi connectivity index (χ0v) is 14.6. The lowest BCUT2D eigenvalue weighted by molar-refractivity contribution is 0.468. The summed E-state index contributed by atoms with van der Waals surface area (Å²) >= 11 is 8.94. The Balaban J connectivity index is 2.11. The predicted octanol–water partition coefficient (Wildman–Crippen LogP) is 5.13. The quantitative estimate of drug-likeness (QED) is 0.594. The molecule has 5 heteroatoms. The van der Waals surface area contributed by atoms with Crippen LogP contribution in [0.3, 0.4) is 0 Å². The molecule has 0 spiro atoms. The van der Waals surface area contributed by atoms with Gasteiger partial charge in [0.2, 0.25) is 0 Å². The number of aromatic hydroxyl groups is 1. The molecule has 0 unspecified atom stereocenters. The molecule has 2 N–H and O–H groups in total. The summed E-state index contributed by atoms with van der Waals surface area (Å²) < 4.78 is 2.58. The highest BCUT2D eigenvalue weighted by Crippen LogP contribution is 2.33. The van der Waals surface area contributed by atoms with E-state index in [4.69, 9.17) is 0 Å². The molecule has 2 aromatic rings. The predicted molar refractivity (Wildman–Crippen MR) is 90.0 cm³/mol. The molecule has 0 aliphatic carbocycles. The molecule has 0 bridgehead atoms. The zero-order chi connectivity index (χ0) is 13.1. The van der Waals surface area contributed by atoms with Crippen LogP contribution in [0.5, 0.6) is 5.75 Å². The molecule has 0 amide bonds. The van der Waals surface area contributed by atoms with Crippen LogP contribution in [0.15, 0.2) is 45.3 Å². The van der Waals surface area contributed by atoms with Gasteiger partial charge in [-0.25, -0.2) is 0 Å². The van der Waals surface area contributed by atoms with E-state index >= 15 is 0 Å². The van der Waals surface area contributed by atoms with E-state index in [9.17, 15) is 5.11 Å². The van der Waals surface area contributed by atoms with E-state index in [1.54, 1.807) is 0 Å². The van der Waals surface area contributed by atoms with Gasteiger partial charge in [0.15, 0.2) is 0 Å². The number of hydrogen-bond donors (Lipinski definition) is 2. The summed E-state index contributed by atoms with van der Waals surface area (Å²) in [6, 6.07) is 12.0. The minimum atomic E-state index is 0.230. The van der Waals surface area contributed by atoms with Gasteiger partial charge < -0.3 is 10.4 Å². The molecule has 0 radical (unpaired) electrons. The van der Waals surface area contributed by atoms with Crippen LogP contribution in [0.2, 0.25) is 0 Å². The van der Waals surface area contributed by atoms with Gasteiger partial charge in [-0.05, 0) is 90.3 Å². The van der Waals surface area contributed by atoms with Crippen LogP contribution in [0.4, 0.5) is 5.69 Å². The standard InChI is InChI=1S/C13H10Br2INO/c14-11-4-8(5-12(15)13(11)18)7-17-10-3-1-2-9(16)6-10/h1-6,17-18H,7H2. The first-order valence-electron chi connectivity index (χ1n) is 5.22. The second-order valence-corrected chi connectivity index (χ2v) is 6.73. The first-order chi connectivity index (χ1) is 8.56. The molecule has 2 rings (SSSR count). The van der Waals surface area contributed by atoms with Gasteiger partial charge in [-0.15, -0.1) is 0 Å². The summed E-state index contributed by atoms with van der Waals surface area (Å²) in [6.07, 6.45) is 0. The number of rotatable bonds is 3. The highest BCUT2D eigenvalue weighted by molar-refractivity contribution is 14.1. The van der Waals surface area contributed by atoms with Crippen molar-refractivity contribution >= 4 is 60.1 Å². The largest absolute Gasteiger partial charge is 0.506 e. The molecule has 0 heterocycles. The highest BCUT2D eigenvalue weighted by atomic mass is 127. The van der Waals surface area contributed by atoms with E-state index < -0.39 is 0 Å². The summed E-state index contributed by atoms with van der Waals surface area (Å²) in [5.41, 5.74) is 2.17. The van der Waals surface area contributed by atoms with Crippen molar-refractivity contribution < 1.29 is 5.11 Å². The fraction of sp³-hybridized carbons (Fsp3) is 0.0769. The van der Waals surface area contributed by atoms with E-state index in [2.05, 4.69) is 71.9 Å². The van der Waals surface area contributed by atoms with Crippen molar-refractivity contribution in [1.29, 1.82) is 0 Å². The van der Waals surface area contributed by atoms with Gasteiger partial charge >= 0.3 is 0 Å². The SMILES string of the molecule is Oc1c(Br)cc(CNc2cccc(I)c2)cc1Br. The average molecular weight is 483 g/mol. The molecular weight excluding hydrogens is 473 g/mol. The molecule has 0 fully saturated rings. The van der Waals surface area contributed by atoms with E-state index in [0.29, 0.717) is 15.5 Å². The van der Waals surface area contributed by atoms with Crippen LogP contribution >= 0.6 is 54.5 Å². The Labute approximate surface area is 136 Å². The van der Waals surface area contributed by atoms with Crippen LogP contribution in [-0.4, -0.2) is 5.11 Å². The van der Waals surface area contributed by atoms with Crippen LogP contribution < -0.4 is 5.32 Å². The molecule has 0 atom stereocenters. The molecular formula is C13H10Br2INO. The molecule has 18 heavy (non-hydrogen) atoms. The zero-order valence-electron chi connectivity index (χ0n) is 9.25. The molecule has 94 valence electrons. The fourth-order valence-electron chi connectivity index (χ4n) is 1.52. The second kappa shape index (κ2) is 6.25. The number of nitrogens with one attached hydrogen (secondary N) is 1. The third kappa shape index (κ3) is 3.61. The Hall–Kier alpha value is -0.270. The van der Waals surface area contributed by atoms with Crippen molar-refractivity contribution in [3.8, 4) is 5.75 Å². The van der Waals surface area contributed by atoms with Crippen molar-refractivity contribution in [3.63, 3.8) is 0 Å². The molecule has 0 aliphatic heterocycles. The smallest absolute Gasteiger partial charge is 0.143 e. The number of anilines is 1. The number of halogens is 3. The maximum Gasteiger partial charge on any atom is 0.143 e. The monoisotopic (exact) mass is 481 g/mol. The topological polar surface area (TPSA) is 32.3 Å². The summed E-state index contributed by atoms with van der Waals surface area (Å²) in [5.74, 6) is 0.230. The minimum Gasteiger partial charge on any atom is -0.506 e. The minimum absolute atomic E-state index is 0.230. The Kier molecular flexibility index (Phi) is 4.91. The van der Waals surface area contributed by atoms with Gasteiger partial charge in [-0.3, -0.25) is 0 Å². The number of benzene rings is 2. The lowest BCUT2D eigenvalue weighted by atomic mass is 10.2. The van der Waals surface area contributed by atoms with Crippen LogP contribution in [-0.2, 0) is 6.54 Å². The second-order valence-electron chi connectivity index (χ2n) is 3.77. The van der Waals surface area contributed by atoms with Crippen molar-refractivity contribution in [3.05, 3.63) is 54.5 Å². The van der Waals surface area contributed by atoms with E-state index in [1.807, 2.05) is 24.3 Å². The Bertz CT molecular complexity index is 552. The third-order valence-electron chi connectivity index (χ3n) is 2.40. The van der Waals surface area contributed by atoms with E-state index in [1.165, 1.54) is 3.57 Å². The Morgan fingerprint density at radius 1 is 1.11 bits per heavy atom. The van der Waals surface area contributed by atoms with Gasteiger partial charge in [0, 0.05) is 15.8 Å². The van der Waals surface area contributed by atoms with Gasteiger partial charge in [0.25, 0.3) is 0 Å². The molecule has 0 saturated heterocycles. The number of hydrogen-bond acceptors (Lipinski definition) is 2. The summed E-state index contributed by atoms with van der Waals surface area (Å²) in [5, 5.41) is 13.0. The van der Waals surface area contributed by atoms with Crippen molar-refractivity contribution in [1.82, 2.24) is 0 Å². The Morgan fingerprint density at radius 2 is 1.78 bits per heavy atom. The first kappa shape index (κ1) is 14.1. The van der Waals surface area contributed by atoms with Gasteiger partial charge in [0.1, 0.15) is 5.75 Å². The maximum atomic E-state index is 9.64. The molecule has 2 nitrogen and oxygen atoms in total. The van der Waals surface area contributed by atoms with Crippen molar-refractivity contribution in [2.75, 3.05) is 5.32 Å². The Morgan fingerprint density at radius 3 is 2.39 bits per heavy atom. The van der Waals surface area contributed by atoms with E-state index in [-0.39, 0.29) is 5.75 Å². The summed E-state index contributed by atoms with van der Waals surface area (Å²) in [6.45, 7) is 0.706. The van der Waals surface area contributed by atoms with Gasteiger partial charge in [-0.2, -0.15) is 0 Å². The summed E-state index contributed by atoms with van der Waals surface area (Å²) in [4.78, 5) is 0. The van der Waals surface area contributed by atoms with Crippen LogP contribution in [0, 0.1) is 3.57 Å².